The van der Waals surface area contributed by atoms with E-state index in [4.69, 9.17) is 0 Å². The van der Waals surface area contributed by atoms with Gasteiger partial charge in [-0.1, -0.05) is 0 Å². The van der Waals surface area contributed by atoms with Crippen LogP contribution in [0.3, 0.4) is 0 Å². The van der Waals surface area contributed by atoms with E-state index in [1.807, 2.05) is 0 Å². The molecule has 1 saturated heterocycles. The predicted molar refractivity (Wildman–Crippen MR) is 27.1 cm³/mol. The van der Waals surface area contributed by atoms with Crippen molar-refractivity contribution in [2.24, 2.45) is 0 Å². The van der Waals surface area contributed by atoms with Crippen molar-refractivity contribution in [1.82, 2.24) is 5.32 Å². The van der Waals surface area contributed by atoms with Crippen LogP contribution in [0, 0.1) is 0 Å². The molecule has 2 heteroatoms. The average Bonchev–Trinajstić information content (AvgIpc) is 1.23. The van der Waals surface area contributed by atoms with Gasteiger partial charge in [0.25, 0.3) is 0 Å². The summed E-state index contributed by atoms with van der Waals surface area (Å²) in [4.78, 5) is 10.4. The van der Waals surface area contributed by atoms with E-state index in [0.717, 1.165) is 13.0 Å². The molecule has 0 aromatic rings. The standard InChI is InChI=1S/C5H9NO/c1-4(7)5-2-3-6-5/h5-6H,2-3H2,1H3. The molecule has 1 heterocycles. The fourth-order valence-electron chi connectivity index (χ4n) is 0.636. The first-order valence-electron chi connectivity index (χ1n) is 2.54. The van der Waals surface area contributed by atoms with Gasteiger partial charge in [-0.2, -0.15) is 0 Å². The Bertz CT molecular complexity index is 86.1. The summed E-state index contributed by atoms with van der Waals surface area (Å²) in [6.07, 6.45) is 1.04. The summed E-state index contributed by atoms with van der Waals surface area (Å²) in [5.74, 6) is 0.270. The maximum atomic E-state index is 10.4. The summed E-state index contributed by atoms with van der Waals surface area (Å²) in [6, 6.07) is 0.194. The normalized spacial score (nSPS) is 29.0. The highest BCUT2D eigenvalue weighted by Crippen LogP contribution is 2.00. The molecule has 1 rings (SSSR count). The zero-order valence-corrected chi connectivity index (χ0v) is 4.40. The van der Waals surface area contributed by atoms with Gasteiger partial charge >= 0.3 is 0 Å². The minimum Gasteiger partial charge on any atom is -0.307 e. The Morgan fingerprint density at radius 2 is 2.43 bits per heavy atom. The first kappa shape index (κ1) is 4.78. The van der Waals surface area contributed by atoms with E-state index in [1.54, 1.807) is 6.92 Å². The maximum Gasteiger partial charge on any atom is 0.146 e. The van der Waals surface area contributed by atoms with Crippen LogP contribution >= 0.6 is 0 Å². The van der Waals surface area contributed by atoms with Crippen molar-refractivity contribution >= 4 is 5.78 Å². The molecule has 0 aromatic carbocycles. The third-order valence-electron chi connectivity index (χ3n) is 1.31. The van der Waals surface area contributed by atoms with Crippen LogP contribution in [0.1, 0.15) is 13.3 Å². The van der Waals surface area contributed by atoms with Gasteiger partial charge in [-0.15, -0.1) is 0 Å². The molecule has 0 bridgehead atoms. The molecule has 0 aromatic heterocycles. The van der Waals surface area contributed by atoms with E-state index >= 15 is 0 Å². The van der Waals surface area contributed by atoms with Crippen LogP contribution in [0.4, 0.5) is 0 Å². The fourth-order valence-corrected chi connectivity index (χ4v) is 0.636. The van der Waals surface area contributed by atoms with Crippen LogP contribution in [-0.4, -0.2) is 18.4 Å². The van der Waals surface area contributed by atoms with Crippen molar-refractivity contribution in [3.05, 3.63) is 0 Å². The highest BCUT2D eigenvalue weighted by molar-refractivity contribution is 5.82. The largest absolute Gasteiger partial charge is 0.307 e. The summed E-state index contributed by atoms with van der Waals surface area (Å²) < 4.78 is 0. The number of hydrogen-bond donors (Lipinski definition) is 1. The molecule has 1 unspecified atom stereocenters. The number of carbonyl (C=O) groups is 1. The van der Waals surface area contributed by atoms with Crippen LogP contribution < -0.4 is 5.32 Å². The van der Waals surface area contributed by atoms with Crippen molar-refractivity contribution in [1.29, 1.82) is 0 Å². The minimum atomic E-state index is 0.194. The topological polar surface area (TPSA) is 29.1 Å². The van der Waals surface area contributed by atoms with Crippen LogP contribution in [0.5, 0.6) is 0 Å². The Morgan fingerprint density at radius 1 is 1.86 bits per heavy atom. The third-order valence-corrected chi connectivity index (χ3v) is 1.31. The lowest BCUT2D eigenvalue weighted by atomic mass is 10.0. The first-order valence-corrected chi connectivity index (χ1v) is 2.54. The monoisotopic (exact) mass is 99.1 g/mol. The molecule has 40 valence electrons. The Kier molecular flexibility index (Phi) is 1.11. The van der Waals surface area contributed by atoms with Gasteiger partial charge in [-0.3, -0.25) is 4.79 Å². The van der Waals surface area contributed by atoms with Gasteiger partial charge in [0, 0.05) is 0 Å². The summed E-state index contributed by atoms with van der Waals surface area (Å²) >= 11 is 0. The maximum absolute atomic E-state index is 10.4. The van der Waals surface area contributed by atoms with Gasteiger partial charge in [-0.05, 0) is 19.9 Å². The number of hydrogen-bond acceptors (Lipinski definition) is 2. The summed E-state index contributed by atoms with van der Waals surface area (Å²) in [5.41, 5.74) is 0. The number of nitrogens with one attached hydrogen (secondary N) is 1. The second-order valence-corrected chi connectivity index (χ2v) is 1.91. The van der Waals surface area contributed by atoms with E-state index in [1.165, 1.54) is 0 Å². The molecule has 0 aliphatic carbocycles. The van der Waals surface area contributed by atoms with Crippen LogP contribution in [0.2, 0.25) is 0 Å². The molecule has 0 radical (unpaired) electrons. The average molecular weight is 99.1 g/mol. The minimum absolute atomic E-state index is 0.194. The van der Waals surface area contributed by atoms with E-state index in [2.05, 4.69) is 5.32 Å². The number of ketones is 1. The third kappa shape index (κ3) is 0.800. The SMILES string of the molecule is CC(=O)C1CCN1. The van der Waals surface area contributed by atoms with Crippen LogP contribution in [-0.2, 0) is 4.79 Å². The zero-order valence-electron chi connectivity index (χ0n) is 4.40. The molecule has 1 N–H and O–H groups in total. The number of rotatable bonds is 1. The molecule has 7 heavy (non-hydrogen) atoms. The Labute approximate surface area is 42.9 Å². The Morgan fingerprint density at radius 3 is 2.43 bits per heavy atom. The molecular formula is C5H9NO. The molecule has 1 fully saturated rings. The van der Waals surface area contributed by atoms with Crippen LogP contribution in [0.25, 0.3) is 0 Å². The molecule has 1 atom stereocenters. The van der Waals surface area contributed by atoms with Crippen molar-refractivity contribution in [3.8, 4) is 0 Å². The lowest BCUT2D eigenvalue weighted by molar-refractivity contribution is -0.120. The molecule has 1 aliphatic rings. The second kappa shape index (κ2) is 1.62. The predicted octanol–water partition coefficient (Wildman–Crippen LogP) is -0.0627. The zero-order chi connectivity index (χ0) is 5.28. The summed E-state index contributed by atoms with van der Waals surface area (Å²) in [7, 11) is 0. The summed E-state index contributed by atoms with van der Waals surface area (Å²) in [6.45, 7) is 2.64. The summed E-state index contributed by atoms with van der Waals surface area (Å²) in [5, 5.41) is 3.00. The highest BCUT2D eigenvalue weighted by Gasteiger charge is 2.19. The van der Waals surface area contributed by atoms with E-state index in [0.29, 0.717) is 0 Å². The molecule has 2 nitrogen and oxygen atoms in total. The number of Topliss-reactive ketones (excluding diaryl/α,β-unsaturated/α-hetero) is 1. The van der Waals surface area contributed by atoms with Gasteiger partial charge in [0.1, 0.15) is 5.78 Å². The lowest BCUT2D eigenvalue weighted by Crippen LogP contribution is -2.47. The highest BCUT2D eigenvalue weighted by atomic mass is 16.1. The smallest absolute Gasteiger partial charge is 0.146 e. The quantitative estimate of drug-likeness (QED) is 0.499. The van der Waals surface area contributed by atoms with Gasteiger partial charge in [-0.25, -0.2) is 0 Å². The fraction of sp³-hybridized carbons (Fsp3) is 0.800. The molecule has 0 amide bonds. The number of carbonyl (C=O) groups excluding carboxylic acids is 1. The van der Waals surface area contributed by atoms with E-state index < -0.39 is 0 Å². The van der Waals surface area contributed by atoms with Crippen molar-refractivity contribution in [3.63, 3.8) is 0 Å². The van der Waals surface area contributed by atoms with Gasteiger partial charge in [0.2, 0.25) is 0 Å². The first-order chi connectivity index (χ1) is 3.30. The molecule has 1 aliphatic heterocycles. The Balaban J connectivity index is 2.27. The van der Waals surface area contributed by atoms with Crippen molar-refractivity contribution in [2.75, 3.05) is 6.54 Å². The van der Waals surface area contributed by atoms with Crippen LogP contribution in [0.15, 0.2) is 0 Å². The molecular weight excluding hydrogens is 90.1 g/mol. The Hall–Kier alpha value is -0.370. The van der Waals surface area contributed by atoms with E-state index in [-0.39, 0.29) is 11.8 Å². The molecule has 0 spiro atoms. The van der Waals surface area contributed by atoms with Crippen molar-refractivity contribution in [2.45, 2.75) is 19.4 Å². The second-order valence-electron chi connectivity index (χ2n) is 1.91. The molecule has 0 saturated carbocycles. The lowest BCUT2D eigenvalue weighted by Gasteiger charge is -2.24. The van der Waals surface area contributed by atoms with Gasteiger partial charge < -0.3 is 5.32 Å². The van der Waals surface area contributed by atoms with E-state index in [9.17, 15) is 4.79 Å². The van der Waals surface area contributed by atoms with Crippen molar-refractivity contribution < 1.29 is 4.79 Å². The van der Waals surface area contributed by atoms with Gasteiger partial charge in [0.15, 0.2) is 0 Å². The van der Waals surface area contributed by atoms with Gasteiger partial charge in [0.05, 0.1) is 6.04 Å².